The minimum Gasteiger partial charge on any atom is -0.303 e. The molecule has 0 atom stereocenters. The van der Waals surface area contributed by atoms with Crippen LogP contribution in [0.25, 0.3) is 0 Å². The second-order valence-electron chi connectivity index (χ2n) is 3.82. The SMILES string of the molecule is C=CC=O.O=CCCSc1ccccc1.Sc1ccccc1. The Bertz CT molecular complexity index is 507. The van der Waals surface area contributed by atoms with Crippen molar-refractivity contribution in [2.75, 3.05) is 5.75 Å². The van der Waals surface area contributed by atoms with Gasteiger partial charge in [-0.05, 0) is 30.3 Å². The first-order valence-electron chi connectivity index (χ1n) is 6.66. The zero-order valence-corrected chi connectivity index (χ0v) is 14.0. The molecule has 4 heteroatoms. The Morgan fingerprint density at radius 2 is 1.45 bits per heavy atom. The van der Waals surface area contributed by atoms with E-state index in [4.69, 9.17) is 4.79 Å². The van der Waals surface area contributed by atoms with Gasteiger partial charge in [0.2, 0.25) is 0 Å². The number of carbonyl (C=O) groups is 2. The Morgan fingerprint density at radius 1 is 0.955 bits per heavy atom. The molecule has 0 amide bonds. The molecular weight excluding hydrogens is 312 g/mol. The molecule has 0 aliphatic rings. The van der Waals surface area contributed by atoms with Crippen molar-refractivity contribution in [3.05, 3.63) is 73.3 Å². The van der Waals surface area contributed by atoms with Crippen molar-refractivity contribution in [1.82, 2.24) is 0 Å². The number of carbonyl (C=O) groups excluding carboxylic acids is 2. The number of aldehydes is 2. The Morgan fingerprint density at radius 3 is 1.82 bits per heavy atom. The predicted molar refractivity (Wildman–Crippen MR) is 97.8 cm³/mol. The highest BCUT2D eigenvalue weighted by Gasteiger charge is 1.89. The topological polar surface area (TPSA) is 34.1 Å². The number of hydrogen-bond donors (Lipinski definition) is 1. The van der Waals surface area contributed by atoms with E-state index < -0.39 is 0 Å². The van der Waals surface area contributed by atoms with Crippen LogP contribution in [0.5, 0.6) is 0 Å². The molecule has 2 aromatic rings. The van der Waals surface area contributed by atoms with Crippen molar-refractivity contribution >= 4 is 37.0 Å². The molecule has 2 rings (SSSR count). The third-order valence-electron chi connectivity index (χ3n) is 2.10. The molecule has 22 heavy (non-hydrogen) atoms. The van der Waals surface area contributed by atoms with E-state index in [0.717, 1.165) is 16.9 Å². The zero-order chi connectivity index (χ0) is 16.5. The number of hydrogen-bond acceptors (Lipinski definition) is 4. The summed E-state index contributed by atoms with van der Waals surface area (Å²) < 4.78 is 0. The third-order valence-corrected chi connectivity index (χ3v) is 3.44. The summed E-state index contributed by atoms with van der Waals surface area (Å²) in [6.07, 6.45) is 3.43. The fraction of sp³-hybridized carbons (Fsp3) is 0.111. The number of allylic oxidation sites excluding steroid dienone is 1. The lowest BCUT2D eigenvalue weighted by Crippen LogP contribution is -1.79. The van der Waals surface area contributed by atoms with Gasteiger partial charge in [-0.3, -0.25) is 4.79 Å². The van der Waals surface area contributed by atoms with Gasteiger partial charge < -0.3 is 4.79 Å². The molecule has 0 spiro atoms. The van der Waals surface area contributed by atoms with E-state index in [-0.39, 0.29) is 0 Å². The minimum absolute atomic E-state index is 0.638. The molecule has 0 aliphatic carbocycles. The van der Waals surface area contributed by atoms with Gasteiger partial charge in [-0.2, -0.15) is 0 Å². The summed E-state index contributed by atoms with van der Waals surface area (Å²) in [4.78, 5) is 21.3. The second kappa shape index (κ2) is 15.6. The zero-order valence-electron chi connectivity index (χ0n) is 12.3. The molecule has 2 aromatic carbocycles. The first-order valence-corrected chi connectivity index (χ1v) is 8.09. The van der Waals surface area contributed by atoms with E-state index in [1.54, 1.807) is 11.8 Å². The molecule has 0 unspecified atom stereocenters. The minimum atomic E-state index is 0.638. The largest absolute Gasteiger partial charge is 0.303 e. The van der Waals surface area contributed by atoms with Gasteiger partial charge in [-0.15, -0.1) is 24.4 Å². The van der Waals surface area contributed by atoms with E-state index in [9.17, 15) is 4.79 Å². The lowest BCUT2D eigenvalue weighted by Gasteiger charge is -1.95. The highest BCUT2D eigenvalue weighted by Crippen LogP contribution is 2.16. The lowest BCUT2D eigenvalue weighted by atomic mass is 10.4. The Kier molecular flexibility index (Phi) is 14.3. The van der Waals surface area contributed by atoms with Gasteiger partial charge in [-0.25, -0.2) is 0 Å². The van der Waals surface area contributed by atoms with Crippen molar-refractivity contribution in [3.63, 3.8) is 0 Å². The summed E-state index contributed by atoms with van der Waals surface area (Å²) in [5.74, 6) is 0.882. The van der Waals surface area contributed by atoms with E-state index in [2.05, 4.69) is 31.3 Å². The molecule has 0 saturated heterocycles. The lowest BCUT2D eigenvalue weighted by molar-refractivity contribution is -0.107. The maximum Gasteiger partial charge on any atom is 0.142 e. The summed E-state index contributed by atoms with van der Waals surface area (Å²) in [5.41, 5.74) is 0. The van der Waals surface area contributed by atoms with Crippen LogP contribution in [-0.2, 0) is 9.59 Å². The van der Waals surface area contributed by atoms with Gasteiger partial charge >= 0.3 is 0 Å². The third kappa shape index (κ3) is 13.2. The molecule has 2 nitrogen and oxygen atoms in total. The standard InChI is InChI=1S/C9H10OS.C6H6S.C3H4O/c10-7-4-8-11-9-5-2-1-3-6-9;7-6-4-2-1-3-5-6;1-2-3-4/h1-3,5-7H,4,8H2;1-5,7H;2-3H,1H2. The monoisotopic (exact) mass is 332 g/mol. The van der Waals surface area contributed by atoms with Gasteiger partial charge in [-0.1, -0.05) is 43.0 Å². The van der Waals surface area contributed by atoms with Crippen molar-refractivity contribution in [3.8, 4) is 0 Å². The molecular formula is C18H20O2S2. The van der Waals surface area contributed by atoms with Gasteiger partial charge in [0.25, 0.3) is 0 Å². The summed E-state index contributed by atoms with van der Waals surface area (Å²) in [6, 6.07) is 19.9. The number of benzene rings is 2. The highest BCUT2D eigenvalue weighted by atomic mass is 32.2. The van der Waals surface area contributed by atoms with Crippen molar-refractivity contribution in [2.45, 2.75) is 16.2 Å². The maximum absolute atomic E-state index is 9.98. The van der Waals surface area contributed by atoms with E-state index in [0.29, 0.717) is 12.7 Å². The van der Waals surface area contributed by atoms with Crippen LogP contribution in [0.3, 0.4) is 0 Å². The van der Waals surface area contributed by atoms with Crippen LogP contribution in [0.15, 0.2) is 83.1 Å². The fourth-order valence-electron chi connectivity index (χ4n) is 1.17. The average molecular weight is 332 g/mol. The quantitative estimate of drug-likeness (QED) is 0.283. The molecule has 0 N–H and O–H groups in total. The molecule has 0 saturated carbocycles. The molecule has 0 bridgehead atoms. The van der Waals surface area contributed by atoms with Gasteiger partial charge in [0, 0.05) is 22.0 Å². The van der Waals surface area contributed by atoms with Gasteiger partial charge in [0.15, 0.2) is 0 Å². The highest BCUT2D eigenvalue weighted by molar-refractivity contribution is 7.99. The Balaban J connectivity index is 0.000000343. The van der Waals surface area contributed by atoms with Crippen LogP contribution in [0.4, 0.5) is 0 Å². The first kappa shape index (κ1) is 20.2. The molecule has 116 valence electrons. The van der Waals surface area contributed by atoms with E-state index in [1.807, 2.05) is 48.5 Å². The summed E-state index contributed by atoms with van der Waals surface area (Å²) in [7, 11) is 0. The fourth-order valence-corrected chi connectivity index (χ4v) is 2.14. The molecule has 0 aliphatic heterocycles. The number of thioether (sulfide) groups is 1. The van der Waals surface area contributed by atoms with Crippen LogP contribution >= 0.6 is 24.4 Å². The van der Waals surface area contributed by atoms with Crippen LogP contribution < -0.4 is 0 Å². The predicted octanol–water partition coefficient (Wildman–Crippen LogP) is 4.71. The van der Waals surface area contributed by atoms with Crippen LogP contribution in [0, 0.1) is 0 Å². The summed E-state index contributed by atoms with van der Waals surface area (Å²) in [5, 5.41) is 0. The molecule has 0 heterocycles. The molecule has 0 fully saturated rings. The van der Waals surface area contributed by atoms with Crippen molar-refractivity contribution in [2.24, 2.45) is 0 Å². The van der Waals surface area contributed by atoms with Crippen LogP contribution in [0.2, 0.25) is 0 Å². The average Bonchev–Trinajstić information content (AvgIpc) is 2.58. The van der Waals surface area contributed by atoms with E-state index in [1.165, 1.54) is 11.0 Å². The van der Waals surface area contributed by atoms with Gasteiger partial charge in [0.1, 0.15) is 12.6 Å². The second-order valence-corrected chi connectivity index (χ2v) is 5.51. The van der Waals surface area contributed by atoms with Crippen LogP contribution in [-0.4, -0.2) is 18.3 Å². The van der Waals surface area contributed by atoms with Gasteiger partial charge in [0.05, 0.1) is 0 Å². The van der Waals surface area contributed by atoms with Crippen molar-refractivity contribution in [1.29, 1.82) is 0 Å². The Labute approximate surface area is 142 Å². The smallest absolute Gasteiger partial charge is 0.142 e. The number of rotatable bonds is 5. The van der Waals surface area contributed by atoms with E-state index >= 15 is 0 Å². The first-order chi connectivity index (χ1) is 10.7. The normalized spacial score (nSPS) is 8.41. The molecule has 0 radical (unpaired) electrons. The maximum atomic E-state index is 9.98. The number of thiol groups is 1. The molecule has 0 aromatic heterocycles. The Hall–Kier alpha value is -1.78. The summed E-state index contributed by atoms with van der Waals surface area (Å²) in [6.45, 7) is 3.11. The van der Waals surface area contributed by atoms with Crippen LogP contribution in [0.1, 0.15) is 6.42 Å². The summed E-state index contributed by atoms with van der Waals surface area (Å²) >= 11 is 5.80. The van der Waals surface area contributed by atoms with Crippen molar-refractivity contribution < 1.29 is 9.59 Å².